The zero-order valence-electron chi connectivity index (χ0n) is 7.23. The molecule has 5 heteroatoms. The van der Waals surface area contributed by atoms with Crippen LogP contribution >= 0.6 is 0 Å². The molecule has 2 atom stereocenters. The molecule has 1 aliphatic rings. The third-order valence-corrected chi connectivity index (χ3v) is 2.34. The van der Waals surface area contributed by atoms with Crippen LogP contribution in [0.4, 0.5) is 13.2 Å². The molecule has 2 nitrogen and oxygen atoms in total. The Labute approximate surface area is 74.1 Å². The average Bonchev–Trinajstić information content (AvgIpc) is 2.03. The highest BCUT2D eigenvalue weighted by Crippen LogP contribution is 2.37. The molecule has 0 saturated heterocycles. The number of carbonyl (C=O) groups excluding carboxylic acids is 1. The number of hydrogen-bond donors (Lipinski definition) is 0. The summed E-state index contributed by atoms with van der Waals surface area (Å²) < 4.78 is 41.3. The molecule has 76 valence electrons. The first-order valence-electron chi connectivity index (χ1n) is 4.07. The van der Waals surface area contributed by atoms with Crippen LogP contribution in [0.25, 0.3) is 0 Å². The van der Waals surface area contributed by atoms with Gasteiger partial charge in [0.15, 0.2) is 5.78 Å². The van der Waals surface area contributed by atoms with E-state index in [1.807, 2.05) is 0 Å². The average molecular weight is 196 g/mol. The zero-order valence-corrected chi connectivity index (χ0v) is 7.23. The van der Waals surface area contributed by atoms with E-state index >= 15 is 0 Å². The first kappa shape index (κ1) is 10.5. The molecule has 1 rings (SSSR count). The van der Waals surface area contributed by atoms with Crippen LogP contribution in [0.2, 0.25) is 0 Å². The van der Waals surface area contributed by atoms with E-state index in [4.69, 9.17) is 0 Å². The normalized spacial score (nSPS) is 30.6. The van der Waals surface area contributed by atoms with E-state index < -0.39 is 18.2 Å². The molecule has 1 fully saturated rings. The minimum absolute atomic E-state index is 0.0251. The Morgan fingerprint density at radius 3 is 2.54 bits per heavy atom. The minimum Gasteiger partial charge on any atom is -0.374 e. The van der Waals surface area contributed by atoms with Crippen molar-refractivity contribution < 1.29 is 22.7 Å². The molecular formula is C8H11F3O2. The van der Waals surface area contributed by atoms with Crippen molar-refractivity contribution in [2.45, 2.75) is 31.5 Å². The van der Waals surface area contributed by atoms with Crippen LogP contribution in [0, 0.1) is 5.92 Å². The zero-order chi connectivity index (χ0) is 10.1. The summed E-state index contributed by atoms with van der Waals surface area (Å²) >= 11 is 0. The van der Waals surface area contributed by atoms with E-state index in [1.54, 1.807) is 0 Å². The Morgan fingerprint density at radius 2 is 2.08 bits per heavy atom. The summed E-state index contributed by atoms with van der Waals surface area (Å²) in [6.07, 6.45) is -5.40. The van der Waals surface area contributed by atoms with Crippen LogP contribution in [-0.2, 0) is 9.53 Å². The fraction of sp³-hybridized carbons (Fsp3) is 0.875. The quantitative estimate of drug-likeness (QED) is 0.640. The molecule has 0 amide bonds. The second kappa shape index (κ2) is 3.65. The topological polar surface area (TPSA) is 26.3 Å². The van der Waals surface area contributed by atoms with Gasteiger partial charge in [-0.25, -0.2) is 0 Å². The van der Waals surface area contributed by atoms with Crippen molar-refractivity contribution in [2.24, 2.45) is 5.92 Å². The smallest absolute Gasteiger partial charge is 0.374 e. The molecule has 0 aromatic heterocycles. The van der Waals surface area contributed by atoms with Gasteiger partial charge in [-0.2, -0.15) is 13.2 Å². The van der Waals surface area contributed by atoms with Crippen LogP contribution in [-0.4, -0.2) is 25.2 Å². The van der Waals surface area contributed by atoms with Gasteiger partial charge in [0.1, 0.15) is 6.10 Å². The fourth-order valence-corrected chi connectivity index (χ4v) is 1.51. The molecular weight excluding hydrogens is 185 g/mol. The fourth-order valence-electron chi connectivity index (χ4n) is 1.51. The molecule has 2 unspecified atom stereocenters. The van der Waals surface area contributed by atoms with Crippen LogP contribution in [0.3, 0.4) is 0 Å². The standard InChI is InChI=1S/C8H11F3O2/c1-13-7-4-5(8(9,10)11)2-3-6(7)12/h5,7H,2-4H2,1H3. The molecule has 0 heterocycles. The first-order valence-corrected chi connectivity index (χ1v) is 4.07. The summed E-state index contributed by atoms with van der Waals surface area (Å²) in [5.74, 6) is -1.60. The second-order valence-electron chi connectivity index (χ2n) is 3.20. The molecule has 0 bridgehead atoms. The molecule has 0 radical (unpaired) electrons. The predicted molar refractivity (Wildman–Crippen MR) is 39.2 cm³/mol. The summed E-state index contributed by atoms with van der Waals surface area (Å²) in [5, 5.41) is 0. The van der Waals surface area contributed by atoms with Gasteiger partial charge in [0, 0.05) is 13.5 Å². The van der Waals surface area contributed by atoms with Gasteiger partial charge in [0.25, 0.3) is 0 Å². The molecule has 0 aromatic carbocycles. The largest absolute Gasteiger partial charge is 0.391 e. The maximum absolute atomic E-state index is 12.2. The molecule has 1 saturated carbocycles. The highest BCUT2D eigenvalue weighted by molar-refractivity contribution is 5.83. The van der Waals surface area contributed by atoms with Gasteiger partial charge in [0.2, 0.25) is 0 Å². The van der Waals surface area contributed by atoms with Gasteiger partial charge in [-0.15, -0.1) is 0 Å². The Balaban J connectivity index is 2.60. The highest BCUT2D eigenvalue weighted by Gasteiger charge is 2.44. The molecule has 0 spiro atoms. The van der Waals surface area contributed by atoms with E-state index in [0.29, 0.717) is 0 Å². The lowest BCUT2D eigenvalue weighted by atomic mass is 9.86. The van der Waals surface area contributed by atoms with Gasteiger partial charge in [-0.3, -0.25) is 4.79 Å². The Kier molecular flexibility index (Phi) is 2.95. The van der Waals surface area contributed by atoms with Crippen molar-refractivity contribution in [1.82, 2.24) is 0 Å². The van der Waals surface area contributed by atoms with E-state index in [9.17, 15) is 18.0 Å². The van der Waals surface area contributed by atoms with Crippen molar-refractivity contribution in [1.29, 1.82) is 0 Å². The first-order chi connectivity index (χ1) is 5.95. The van der Waals surface area contributed by atoms with Gasteiger partial charge in [-0.1, -0.05) is 0 Å². The van der Waals surface area contributed by atoms with Gasteiger partial charge in [0.05, 0.1) is 5.92 Å². The highest BCUT2D eigenvalue weighted by atomic mass is 19.4. The minimum atomic E-state index is -4.20. The van der Waals surface area contributed by atoms with Crippen molar-refractivity contribution in [2.75, 3.05) is 7.11 Å². The molecule has 0 aromatic rings. The van der Waals surface area contributed by atoms with E-state index in [1.165, 1.54) is 7.11 Å². The number of rotatable bonds is 1. The van der Waals surface area contributed by atoms with Crippen LogP contribution in [0.15, 0.2) is 0 Å². The van der Waals surface area contributed by atoms with Gasteiger partial charge in [-0.05, 0) is 12.8 Å². The van der Waals surface area contributed by atoms with Crippen LogP contribution < -0.4 is 0 Å². The van der Waals surface area contributed by atoms with Crippen molar-refractivity contribution >= 4 is 5.78 Å². The third-order valence-electron chi connectivity index (χ3n) is 2.34. The van der Waals surface area contributed by atoms with Gasteiger partial charge >= 0.3 is 6.18 Å². The predicted octanol–water partition coefficient (Wildman–Crippen LogP) is 1.93. The third kappa shape index (κ3) is 2.43. The number of Topliss-reactive ketones (excluding diaryl/α,β-unsaturated/α-hetero) is 1. The maximum atomic E-state index is 12.2. The number of hydrogen-bond acceptors (Lipinski definition) is 2. The summed E-state index contributed by atoms with van der Waals surface area (Å²) in [6.45, 7) is 0. The lowest BCUT2D eigenvalue weighted by Crippen LogP contribution is -2.37. The SMILES string of the molecule is COC1CC(C(F)(F)F)CCC1=O. The number of ether oxygens (including phenoxy) is 1. The van der Waals surface area contributed by atoms with Crippen molar-refractivity contribution in [3.63, 3.8) is 0 Å². The number of methoxy groups -OCH3 is 1. The molecule has 0 aliphatic heterocycles. The monoisotopic (exact) mass is 196 g/mol. The Hall–Kier alpha value is -0.580. The summed E-state index contributed by atoms with van der Waals surface area (Å²) in [6, 6.07) is 0. The number of ketones is 1. The van der Waals surface area contributed by atoms with Crippen LogP contribution in [0.1, 0.15) is 19.3 Å². The summed E-state index contributed by atoms with van der Waals surface area (Å²) in [5.41, 5.74) is 0. The van der Waals surface area contributed by atoms with Crippen LogP contribution in [0.5, 0.6) is 0 Å². The molecule has 13 heavy (non-hydrogen) atoms. The summed E-state index contributed by atoms with van der Waals surface area (Å²) in [4.78, 5) is 11.0. The molecule has 0 N–H and O–H groups in total. The van der Waals surface area contributed by atoms with E-state index in [0.717, 1.165) is 0 Å². The lowest BCUT2D eigenvalue weighted by molar-refractivity contribution is -0.191. The second-order valence-corrected chi connectivity index (χ2v) is 3.20. The number of halogens is 3. The van der Waals surface area contributed by atoms with Crippen molar-refractivity contribution in [3.05, 3.63) is 0 Å². The Morgan fingerprint density at radius 1 is 1.46 bits per heavy atom. The van der Waals surface area contributed by atoms with E-state index in [-0.39, 0.29) is 25.0 Å². The van der Waals surface area contributed by atoms with Gasteiger partial charge < -0.3 is 4.74 Å². The van der Waals surface area contributed by atoms with Crippen molar-refractivity contribution in [3.8, 4) is 0 Å². The number of carbonyl (C=O) groups is 1. The number of alkyl halides is 3. The Bertz CT molecular complexity index is 200. The van der Waals surface area contributed by atoms with E-state index in [2.05, 4.69) is 4.74 Å². The lowest BCUT2D eigenvalue weighted by Gasteiger charge is -2.28. The molecule has 1 aliphatic carbocycles. The maximum Gasteiger partial charge on any atom is 0.391 e. The summed E-state index contributed by atoms with van der Waals surface area (Å²) in [7, 11) is 1.27.